The predicted octanol–water partition coefficient (Wildman–Crippen LogP) is 3.87. The van der Waals surface area contributed by atoms with Gasteiger partial charge in [-0.2, -0.15) is 0 Å². The molecule has 0 radical (unpaired) electrons. The van der Waals surface area contributed by atoms with Crippen LogP contribution in [0.5, 0.6) is 0 Å². The fourth-order valence-corrected chi connectivity index (χ4v) is 3.76. The zero-order valence-corrected chi connectivity index (χ0v) is 15.0. The molecule has 5 heteroatoms. The SMILES string of the molecule is CN(C)[C@@H]1CCCC[C@@H]1N(C)C(=O)Cc1ccc(Cl)cc1Cl. The Labute approximate surface area is 143 Å². The van der Waals surface area contributed by atoms with E-state index in [1.165, 1.54) is 12.8 Å². The maximum atomic E-state index is 12.6. The Bertz CT molecular complexity index is 533. The van der Waals surface area contributed by atoms with Crippen LogP contribution in [0.2, 0.25) is 10.0 Å². The lowest BCUT2D eigenvalue weighted by molar-refractivity contribution is -0.133. The Hall–Kier alpha value is -0.770. The van der Waals surface area contributed by atoms with Gasteiger partial charge in [0.1, 0.15) is 0 Å². The molecule has 0 unspecified atom stereocenters. The van der Waals surface area contributed by atoms with E-state index in [1.54, 1.807) is 12.1 Å². The molecule has 1 fully saturated rings. The first-order valence-corrected chi connectivity index (χ1v) is 8.51. The van der Waals surface area contributed by atoms with E-state index in [0.717, 1.165) is 18.4 Å². The summed E-state index contributed by atoms with van der Waals surface area (Å²) in [5.74, 6) is 0.114. The van der Waals surface area contributed by atoms with Gasteiger partial charge in [-0.3, -0.25) is 4.79 Å². The summed E-state index contributed by atoms with van der Waals surface area (Å²) in [6.07, 6.45) is 4.97. The van der Waals surface area contributed by atoms with Gasteiger partial charge in [0.15, 0.2) is 0 Å². The molecule has 0 aromatic heterocycles. The number of rotatable bonds is 4. The van der Waals surface area contributed by atoms with Crippen molar-refractivity contribution in [1.29, 1.82) is 0 Å². The third-order valence-corrected chi connectivity index (χ3v) is 5.19. The molecular weight excluding hydrogens is 319 g/mol. The molecule has 122 valence electrons. The highest BCUT2D eigenvalue weighted by Gasteiger charge is 2.32. The fraction of sp³-hybridized carbons (Fsp3) is 0.588. The van der Waals surface area contributed by atoms with Crippen LogP contribution >= 0.6 is 23.2 Å². The van der Waals surface area contributed by atoms with Gasteiger partial charge in [0.2, 0.25) is 5.91 Å². The molecule has 3 nitrogen and oxygen atoms in total. The van der Waals surface area contributed by atoms with Crippen molar-refractivity contribution in [1.82, 2.24) is 9.80 Å². The summed E-state index contributed by atoms with van der Waals surface area (Å²) in [4.78, 5) is 16.8. The molecule has 2 atom stereocenters. The van der Waals surface area contributed by atoms with Crippen molar-refractivity contribution in [2.45, 2.75) is 44.2 Å². The molecule has 0 aliphatic heterocycles. The first-order valence-electron chi connectivity index (χ1n) is 7.76. The maximum absolute atomic E-state index is 12.6. The van der Waals surface area contributed by atoms with Gasteiger partial charge in [-0.1, -0.05) is 42.1 Å². The van der Waals surface area contributed by atoms with Crippen LogP contribution in [0.25, 0.3) is 0 Å². The summed E-state index contributed by atoms with van der Waals surface area (Å²) in [6, 6.07) is 6.01. The third-order valence-electron chi connectivity index (χ3n) is 4.60. The van der Waals surface area contributed by atoms with E-state index in [9.17, 15) is 4.79 Å². The molecule has 0 N–H and O–H groups in total. The number of hydrogen-bond donors (Lipinski definition) is 0. The van der Waals surface area contributed by atoms with Gasteiger partial charge in [-0.15, -0.1) is 0 Å². The average molecular weight is 343 g/mol. The largest absolute Gasteiger partial charge is 0.341 e. The van der Waals surface area contributed by atoms with Crippen LogP contribution < -0.4 is 0 Å². The second-order valence-corrected chi connectivity index (χ2v) is 7.14. The minimum absolute atomic E-state index is 0.114. The second-order valence-electron chi connectivity index (χ2n) is 6.30. The summed E-state index contributed by atoms with van der Waals surface area (Å²) in [7, 11) is 6.10. The number of nitrogens with zero attached hydrogens (tertiary/aromatic N) is 2. The van der Waals surface area contributed by atoms with Gasteiger partial charge in [0.25, 0.3) is 0 Å². The van der Waals surface area contributed by atoms with Gasteiger partial charge < -0.3 is 9.80 Å². The highest BCUT2D eigenvalue weighted by Crippen LogP contribution is 2.27. The van der Waals surface area contributed by atoms with Crippen molar-refractivity contribution in [3.8, 4) is 0 Å². The normalized spacial score (nSPS) is 21.9. The Balaban J connectivity index is 2.07. The molecule has 2 rings (SSSR count). The van der Waals surface area contributed by atoms with Gasteiger partial charge >= 0.3 is 0 Å². The Kier molecular flexibility index (Phi) is 6.13. The zero-order chi connectivity index (χ0) is 16.3. The van der Waals surface area contributed by atoms with Crippen LogP contribution in [0.1, 0.15) is 31.2 Å². The average Bonchev–Trinajstić information content (AvgIpc) is 2.49. The second kappa shape index (κ2) is 7.67. The van der Waals surface area contributed by atoms with Gasteiger partial charge in [0.05, 0.1) is 6.42 Å². The minimum Gasteiger partial charge on any atom is -0.341 e. The van der Waals surface area contributed by atoms with Crippen molar-refractivity contribution in [2.75, 3.05) is 21.1 Å². The van der Waals surface area contributed by atoms with E-state index in [2.05, 4.69) is 19.0 Å². The van der Waals surface area contributed by atoms with Crippen molar-refractivity contribution in [3.63, 3.8) is 0 Å². The summed E-state index contributed by atoms with van der Waals surface area (Å²) in [6.45, 7) is 0. The van der Waals surface area contributed by atoms with E-state index in [1.807, 2.05) is 18.0 Å². The first kappa shape index (κ1) is 17.6. The van der Waals surface area contributed by atoms with E-state index >= 15 is 0 Å². The molecule has 0 saturated heterocycles. The lowest BCUT2D eigenvalue weighted by atomic mass is 9.88. The fourth-order valence-electron chi connectivity index (χ4n) is 3.28. The minimum atomic E-state index is 0.114. The van der Waals surface area contributed by atoms with E-state index in [-0.39, 0.29) is 11.9 Å². The molecule has 0 bridgehead atoms. The van der Waals surface area contributed by atoms with Gasteiger partial charge in [-0.25, -0.2) is 0 Å². The van der Waals surface area contributed by atoms with Gasteiger partial charge in [0, 0.05) is 29.2 Å². The van der Waals surface area contributed by atoms with E-state index in [4.69, 9.17) is 23.2 Å². The lowest BCUT2D eigenvalue weighted by Gasteiger charge is -2.41. The Morgan fingerprint density at radius 2 is 1.77 bits per heavy atom. The number of likely N-dealkylation sites (N-methyl/N-ethyl adjacent to an activating group) is 2. The monoisotopic (exact) mass is 342 g/mol. The standard InChI is InChI=1S/C17H24Cl2N2O/c1-20(2)15-6-4-5-7-16(15)21(3)17(22)10-12-8-9-13(18)11-14(12)19/h8-9,11,15-16H,4-7,10H2,1-3H3/t15-,16+/m1/s1. The molecule has 0 heterocycles. The van der Waals surface area contributed by atoms with Crippen LogP contribution in [-0.4, -0.2) is 48.9 Å². The highest BCUT2D eigenvalue weighted by molar-refractivity contribution is 6.35. The van der Waals surface area contributed by atoms with Crippen molar-refractivity contribution in [2.24, 2.45) is 0 Å². The molecular formula is C17H24Cl2N2O. The Morgan fingerprint density at radius 1 is 1.14 bits per heavy atom. The molecule has 1 aromatic carbocycles. The first-order chi connectivity index (χ1) is 10.4. The summed E-state index contributed by atoms with van der Waals surface area (Å²) in [5.41, 5.74) is 0.833. The molecule has 1 amide bonds. The topological polar surface area (TPSA) is 23.6 Å². The van der Waals surface area contributed by atoms with E-state index in [0.29, 0.717) is 22.5 Å². The zero-order valence-electron chi connectivity index (χ0n) is 13.5. The summed E-state index contributed by atoms with van der Waals surface area (Å²) < 4.78 is 0. The third kappa shape index (κ3) is 4.15. The smallest absolute Gasteiger partial charge is 0.227 e. The van der Waals surface area contributed by atoms with Crippen molar-refractivity contribution in [3.05, 3.63) is 33.8 Å². The number of carbonyl (C=O) groups excluding carboxylic acids is 1. The summed E-state index contributed by atoms with van der Waals surface area (Å²) >= 11 is 12.1. The molecule has 1 aromatic rings. The van der Waals surface area contributed by atoms with Crippen LogP contribution in [-0.2, 0) is 11.2 Å². The van der Waals surface area contributed by atoms with Crippen LogP contribution in [0.4, 0.5) is 0 Å². The molecule has 22 heavy (non-hydrogen) atoms. The molecule has 1 aliphatic rings. The number of benzene rings is 1. The predicted molar refractivity (Wildman–Crippen MR) is 92.7 cm³/mol. The maximum Gasteiger partial charge on any atom is 0.227 e. The molecule has 0 spiro atoms. The van der Waals surface area contributed by atoms with Crippen LogP contribution in [0, 0.1) is 0 Å². The Morgan fingerprint density at radius 3 is 2.36 bits per heavy atom. The molecule has 1 saturated carbocycles. The highest BCUT2D eigenvalue weighted by atomic mass is 35.5. The van der Waals surface area contributed by atoms with Crippen LogP contribution in [0.3, 0.4) is 0 Å². The number of carbonyl (C=O) groups is 1. The van der Waals surface area contributed by atoms with Crippen LogP contribution in [0.15, 0.2) is 18.2 Å². The lowest BCUT2D eigenvalue weighted by Crippen LogP contribution is -2.52. The number of hydrogen-bond acceptors (Lipinski definition) is 2. The summed E-state index contributed by atoms with van der Waals surface area (Å²) in [5, 5.41) is 1.15. The van der Waals surface area contributed by atoms with Gasteiger partial charge in [-0.05, 0) is 44.6 Å². The van der Waals surface area contributed by atoms with E-state index < -0.39 is 0 Å². The van der Waals surface area contributed by atoms with Crippen molar-refractivity contribution < 1.29 is 4.79 Å². The quantitative estimate of drug-likeness (QED) is 0.829. The van der Waals surface area contributed by atoms with Crippen molar-refractivity contribution >= 4 is 29.1 Å². The number of halogens is 2. The number of amides is 1. The molecule has 1 aliphatic carbocycles.